The van der Waals surface area contributed by atoms with Crippen molar-refractivity contribution in [2.24, 2.45) is 0 Å². The second-order valence-electron chi connectivity index (χ2n) is 4.15. The molecule has 2 aromatic rings. The molecule has 0 bridgehead atoms. The SMILES string of the molecule is N#CC(=Cc1ccc(Cl)s1)C(=O)Nc1ccc(C(=O)O)cc1. The highest BCUT2D eigenvalue weighted by Crippen LogP contribution is 2.23. The fourth-order valence-corrected chi connectivity index (χ4v) is 2.60. The van der Waals surface area contributed by atoms with E-state index in [2.05, 4.69) is 5.32 Å². The van der Waals surface area contributed by atoms with Gasteiger partial charge < -0.3 is 10.4 Å². The van der Waals surface area contributed by atoms with Crippen LogP contribution in [0.5, 0.6) is 0 Å². The highest BCUT2D eigenvalue weighted by molar-refractivity contribution is 7.17. The summed E-state index contributed by atoms with van der Waals surface area (Å²) in [5.74, 6) is -1.62. The van der Waals surface area contributed by atoms with Gasteiger partial charge in [-0.25, -0.2) is 4.79 Å². The molecule has 0 saturated carbocycles. The van der Waals surface area contributed by atoms with Gasteiger partial charge in [0.05, 0.1) is 9.90 Å². The van der Waals surface area contributed by atoms with E-state index in [0.29, 0.717) is 14.9 Å². The smallest absolute Gasteiger partial charge is 0.335 e. The Labute approximate surface area is 135 Å². The number of nitrogens with zero attached hydrogens (tertiary/aromatic N) is 1. The lowest BCUT2D eigenvalue weighted by atomic mass is 10.2. The number of anilines is 1. The number of thiophene rings is 1. The van der Waals surface area contributed by atoms with Crippen molar-refractivity contribution >= 4 is 46.6 Å². The molecule has 0 fully saturated rings. The Morgan fingerprint density at radius 1 is 1.23 bits per heavy atom. The zero-order chi connectivity index (χ0) is 16.1. The third-order valence-corrected chi connectivity index (χ3v) is 3.81. The summed E-state index contributed by atoms with van der Waals surface area (Å²) in [4.78, 5) is 23.5. The van der Waals surface area contributed by atoms with Crippen LogP contribution in [0.15, 0.2) is 42.0 Å². The number of halogens is 1. The van der Waals surface area contributed by atoms with E-state index in [1.807, 2.05) is 6.07 Å². The van der Waals surface area contributed by atoms with Gasteiger partial charge in [0.15, 0.2) is 0 Å². The van der Waals surface area contributed by atoms with Gasteiger partial charge in [-0.3, -0.25) is 4.79 Å². The van der Waals surface area contributed by atoms with Crippen LogP contribution < -0.4 is 5.32 Å². The number of nitriles is 1. The standard InChI is InChI=1S/C15H9ClN2O3S/c16-13-6-5-12(22-13)7-10(8-17)14(19)18-11-3-1-9(2-4-11)15(20)21/h1-7H,(H,18,19)(H,20,21). The molecule has 0 spiro atoms. The maximum Gasteiger partial charge on any atom is 0.335 e. The third-order valence-electron chi connectivity index (χ3n) is 2.64. The molecular weight excluding hydrogens is 324 g/mol. The van der Waals surface area contributed by atoms with E-state index in [0.717, 1.165) is 0 Å². The Balaban J connectivity index is 2.14. The largest absolute Gasteiger partial charge is 0.478 e. The minimum atomic E-state index is -1.05. The van der Waals surface area contributed by atoms with Gasteiger partial charge in [-0.1, -0.05) is 11.6 Å². The Hall–Kier alpha value is -2.62. The Bertz CT molecular complexity index is 788. The highest BCUT2D eigenvalue weighted by atomic mass is 35.5. The molecule has 7 heteroatoms. The summed E-state index contributed by atoms with van der Waals surface area (Å²) in [6.45, 7) is 0. The lowest BCUT2D eigenvalue weighted by Crippen LogP contribution is -2.13. The van der Waals surface area contributed by atoms with E-state index in [1.54, 1.807) is 12.1 Å². The first-order valence-corrected chi connectivity index (χ1v) is 7.21. The third kappa shape index (κ3) is 3.95. The van der Waals surface area contributed by atoms with Crippen LogP contribution in [0.4, 0.5) is 5.69 Å². The number of carboxylic acids is 1. The molecule has 0 aliphatic heterocycles. The van der Waals surface area contributed by atoms with Crippen LogP contribution in [0.2, 0.25) is 4.34 Å². The van der Waals surface area contributed by atoms with Gasteiger partial charge in [-0.2, -0.15) is 5.26 Å². The second kappa shape index (κ2) is 6.89. The number of hydrogen-bond donors (Lipinski definition) is 2. The summed E-state index contributed by atoms with van der Waals surface area (Å²) in [6.07, 6.45) is 1.44. The maximum atomic E-state index is 12.0. The lowest BCUT2D eigenvalue weighted by molar-refractivity contribution is -0.112. The number of benzene rings is 1. The fourth-order valence-electron chi connectivity index (χ4n) is 1.59. The normalized spacial score (nSPS) is 10.8. The topological polar surface area (TPSA) is 90.2 Å². The van der Waals surface area contributed by atoms with Gasteiger partial charge in [0, 0.05) is 10.6 Å². The van der Waals surface area contributed by atoms with Crippen molar-refractivity contribution in [1.29, 1.82) is 5.26 Å². The molecule has 0 radical (unpaired) electrons. The number of aromatic carboxylic acids is 1. The monoisotopic (exact) mass is 332 g/mol. The minimum Gasteiger partial charge on any atom is -0.478 e. The van der Waals surface area contributed by atoms with Crippen LogP contribution in [0, 0.1) is 11.3 Å². The lowest BCUT2D eigenvalue weighted by Gasteiger charge is -2.04. The molecule has 1 heterocycles. The molecule has 0 unspecified atom stereocenters. The van der Waals surface area contributed by atoms with E-state index < -0.39 is 11.9 Å². The van der Waals surface area contributed by atoms with Gasteiger partial charge in [0.25, 0.3) is 5.91 Å². The molecule has 1 aromatic heterocycles. The van der Waals surface area contributed by atoms with Gasteiger partial charge in [-0.05, 0) is 42.5 Å². The molecule has 1 aromatic carbocycles. The molecule has 2 N–H and O–H groups in total. The number of carboxylic acid groups (broad SMARTS) is 1. The molecule has 22 heavy (non-hydrogen) atoms. The molecule has 0 saturated heterocycles. The average molecular weight is 333 g/mol. The second-order valence-corrected chi connectivity index (χ2v) is 5.89. The zero-order valence-electron chi connectivity index (χ0n) is 11.0. The Morgan fingerprint density at radius 3 is 2.41 bits per heavy atom. The maximum absolute atomic E-state index is 12.0. The number of hydrogen-bond acceptors (Lipinski definition) is 4. The number of rotatable bonds is 4. The quantitative estimate of drug-likeness (QED) is 0.660. The van der Waals surface area contributed by atoms with Crippen molar-refractivity contribution in [3.63, 3.8) is 0 Å². The van der Waals surface area contributed by atoms with Crippen molar-refractivity contribution in [1.82, 2.24) is 0 Å². The van der Waals surface area contributed by atoms with Gasteiger partial charge >= 0.3 is 5.97 Å². The minimum absolute atomic E-state index is 0.0687. The van der Waals surface area contributed by atoms with Crippen molar-refractivity contribution in [3.05, 3.63) is 56.7 Å². The van der Waals surface area contributed by atoms with Crippen LogP contribution in [0.3, 0.4) is 0 Å². The Morgan fingerprint density at radius 2 is 1.91 bits per heavy atom. The number of amides is 1. The summed E-state index contributed by atoms with van der Waals surface area (Å²) < 4.78 is 0.563. The molecule has 0 atom stereocenters. The average Bonchev–Trinajstić information content (AvgIpc) is 2.90. The predicted octanol–water partition coefficient (Wildman–Crippen LogP) is 3.65. The van der Waals surface area contributed by atoms with Crippen LogP contribution in [0.25, 0.3) is 6.08 Å². The first-order valence-electron chi connectivity index (χ1n) is 6.01. The predicted molar refractivity (Wildman–Crippen MR) is 85.0 cm³/mol. The molecule has 0 aliphatic rings. The Kier molecular flexibility index (Phi) is 4.94. The van der Waals surface area contributed by atoms with E-state index in [1.165, 1.54) is 41.7 Å². The van der Waals surface area contributed by atoms with E-state index >= 15 is 0 Å². The molecular formula is C15H9ClN2O3S. The molecule has 0 aliphatic carbocycles. The van der Waals surface area contributed by atoms with Gasteiger partial charge in [0.2, 0.25) is 0 Å². The van der Waals surface area contributed by atoms with Crippen LogP contribution >= 0.6 is 22.9 Å². The van der Waals surface area contributed by atoms with Gasteiger partial charge in [0.1, 0.15) is 11.6 Å². The van der Waals surface area contributed by atoms with Gasteiger partial charge in [-0.15, -0.1) is 11.3 Å². The van der Waals surface area contributed by atoms with Crippen molar-refractivity contribution in [3.8, 4) is 6.07 Å². The van der Waals surface area contributed by atoms with Crippen molar-refractivity contribution in [2.45, 2.75) is 0 Å². The van der Waals surface area contributed by atoms with E-state index in [-0.39, 0.29) is 11.1 Å². The van der Waals surface area contributed by atoms with Crippen molar-refractivity contribution < 1.29 is 14.7 Å². The van der Waals surface area contributed by atoms with Crippen molar-refractivity contribution in [2.75, 3.05) is 5.32 Å². The zero-order valence-corrected chi connectivity index (χ0v) is 12.6. The molecule has 2 rings (SSSR count). The number of carbonyl (C=O) groups is 2. The summed E-state index contributed by atoms with van der Waals surface area (Å²) in [6, 6.07) is 10.9. The molecule has 5 nitrogen and oxygen atoms in total. The molecule has 1 amide bonds. The van der Waals surface area contributed by atoms with E-state index in [9.17, 15) is 9.59 Å². The first-order chi connectivity index (χ1) is 10.5. The number of nitrogens with one attached hydrogen (secondary N) is 1. The fraction of sp³-hybridized carbons (Fsp3) is 0. The summed E-state index contributed by atoms with van der Waals surface area (Å²) >= 11 is 7.05. The summed E-state index contributed by atoms with van der Waals surface area (Å²) in [5, 5.41) is 20.4. The van der Waals surface area contributed by atoms with Crippen LogP contribution in [-0.2, 0) is 4.79 Å². The molecule has 110 valence electrons. The highest BCUT2D eigenvalue weighted by Gasteiger charge is 2.11. The summed E-state index contributed by atoms with van der Waals surface area (Å²) in [5.41, 5.74) is 0.448. The van der Waals surface area contributed by atoms with Crippen LogP contribution in [-0.4, -0.2) is 17.0 Å². The summed E-state index contributed by atoms with van der Waals surface area (Å²) in [7, 11) is 0. The first kappa shape index (κ1) is 15.8. The number of carbonyl (C=O) groups excluding carboxylic acids is 1. The van der Waals surface area contributed by atoms with E-state index in [4.69, 9.17) is 22.0 Å². The van der Waals surface area contributed by atoms with Crippen LogP contribution in [0.1, 0.15) is 15.2 Å².